The fourth-order valence-electron chi connectivity index (χ4n) is 1.12. The van der Waals surface area contributed by atoms with Crippen LogP contribution in [0.2, 0.25) is 0 Å². The van der Waals surface area contributed by atoms with Gasteiger partial charge in [0.25, 0.3) is 0 Å². The van der Waals surface area contributed by atoms with Gasteiger partial charge < -0.3 is 9.73 Å². The summed E-state index contributed by atoms with van der Waals surface area (Å²) in [6.45, 7) is 4.79. The highest BCUT2D eigenvalue weighted by Gasteiger charge is 2.03. The Morgan fingerprint density at radius 1 is 1.50 bits per heavy atom. The van der Waals surface area contributed by atoms with E-state index in [1.165, 1.54) is 4.88 Å². The molecule has 74 valence electrons. The molecule has 0 aliphatic heterocycles. The SMILES string of the molecule is Cc1nc(NCc2ccco2)sc1C. The molecule has 0 aliphatic carbocycles. The quantitative estimate of drug-likeness (QED) is 0.842. The lowest BCUT2D eigenvalue weighted by Gasteiger charge is -1.97. The topological polar surface area (TPSA) is 38.1 Å². The summed E-state index contributed by atoms with van der Waals surface area (Å²) in [5.74, 6) is 0.926. The van der Waals surface area contributed by atoms with Crippen LogP contribution in [0, 0.1) is 13.8 Å². The van der Waals surface area contributed by atoms with E-state index in [2.05, 4.69) is 17.2 Å². The third kappa shape index (κ3) is 1.96. The Bertz CT molecular complexity index is 386. The van der Waals surface area contributed by atoms with Crippen LogP contribution in [0.3, 0.4) is 0 Å². The minimum Gasteiger partial charge on any atom is -0.467 e. The van der Waals surface area contributed by atoms with Gasteiger partial charge in [0.2, 0.25) is 0 Å². The molecule has 0 saturated heterocycles. The number of rotatable bonds is 3. The summed E-state index contributed by atoms with van der Waals surface area (Å²) in [5.41, 5.74) is 1.09. The molecule has 2 heterocycles. The number of furan rings is 1. The summed E-state index contributed by atoms with van der Waals surface area (Å²) >= 11 is 1.67. The van der Waals surface area contributed by atoms with Gasteiger partial charge in [-0.05, 0) is 26.0 Å². The normalized spacial score (nSPS) is 10.4. The van der Waals surface area contributed by atoms with Crippen molar-refractivity contribution < 1.29 is 4.42 Å². The maximum atomic E-state index is 5.21. The number of thiazole rings is 1. The smallest absolute Gasteiger partial charge is 0.183 e. The van der Waals surface area contributed by atoms with E-state index in [-0.39, 0.29) is 0 Å². The van der Waals surface area contributed by atoms with E-state index >= 15 is 0 Å². The molecule has 0 unspecified atom stereocenters. The summed E-state index contributed by atoms with van der Waals surface area (Å²) in [4.78, 5) is 5.63. The first-order valence-electron chi connectivity index (χ1n) is 4.46. The Hall–Kier alpha value is -1.29. The molecule has 1 N–H and O–H groups in total. The predicted octanol–water partition coefficient (Wildman–Crippen LogP) is 2.97. The molecule has 0 fully saturated rings. The zero-order valence-corrected chi connectivity index (χ0v) is 9.02. The van der Waals surface area contributed by atoms with E-state index in [4.69, 9.17) is 4.42 Å². The van der Waals surface area contributed by atoms with Crippen LogP contribution in [-0.2, 0) is 6.54 Å². The molecule has 0 amide bonds. The lowest BCUT2D eigenvalue weighted by molar-refractivity contribution is 0.518. The maximum absolute atomic E-state index is 5.21. The van der Waals surface area contributed by atoms with Gasteiger partial charge in [-0.1, -0.05) is 0 Å². The van der Waals surface area contributed by atoms with Gasteiger partial charge in [0.15, 0.2) is 5.13 Å². The average molecular weight is 208 g/mol. The van der Waals surface area contributed by atoms with Crippen molar-refractivity contribution in [3.8, 4) is 0 Å². The van der Waals surface area contributed by atoms with Crippen molar-refractivity contribution in [3.05, 3.63) is 34.7 Å². The standard InChI is InChI=1S/C10H12N2OS/c1-7-8(2)14-10(12-7)11-6-9-4-3-5-13-9/h3-5H,6H2,1-2H3,(H,11,12). The zero-order chi connectivity index (χ0) is 9.97. The molecular formula is C10H12N2OS. The summed E-state index contributed by atoms with van der Waals surface area (Å²) in [5, 5.41) is 4.18. The van der Waals surface area contributed by atoms with Gasteiger partial charge in [-0.2, -0.15) is 0 Å². The highest BCUT2D eigenvalue weighted by atomic mass is 32.1. The van der Waals surface area contributed by atoms with E-state index in [1.54, 1.807) is 17.6 Å². The maximum Gasteiger partial charge on any atom is 0.183 e. The van der Waals surface area contributed by atoms with Gasteiger partial charge in [0.1, 0.15) is 5.76 Å². The first-order valence-corrected chi connectivity index (χ1v) is 5.27. The molecule has 2 aromatic rings. The number of nitrogens with zero attached hydrogens (tertiary/aromatic N) is 1. The number of hydrogen-bond donors (Lipinski definition) is 1. The average Bonchev–Trinajstić information content (AvgIpc) is 2.74. The van der Waals surface area contributed by atoms with Crippen molar-refractivity contribution in [2.24, 2.45) is 0 Å². The van der Waals surface area contributed by atoms with Crippen molar-refractivity contribution in [2.75, 3.05) is 5.32 Å². The van der Waals surface area contributed by atoms with Crippen LogP contribution >= 0.6 is 11.3 Å². The van der Waals surface area contributed by atoms with Crippen molar-refractivity contribution in [2.45, 2.75) is 20.4 Å². The molecule has 0 saturated carbocycles. The van der Waals surface area contributed by atoms with E-state index < -0.39 is 0 Å². The van der Waals surface area contributed by atoms with Crippen LogP contribution in [0.4, 0.5) is 5.13 Å². The first kappa shape index (κ1) is 9.27. The fraction of sp³-hybridized carbons (Fsp3) is 0.300. The molecule has 2 aromatic heterocycles. The van der Waals surface area contributed by atoms with Crippen LogP contribution < -0.4 is 5.32 Å². The van der Waals surface area contributed by atoms with Crippen LogP contribution in [0.15, 0.2) is 22.8 Å². The van der Waals surface area contributed by atoms with E-state index in [1.807, 2.05) is 19.1 Å². The van der Waals surface area contributed by atoms with E-state index in [0.717, 1.165) is 16.6 Å². The molecule has 4 heteroatoms. The van der Waals surface area contributed by atoms with Gasteiger partial charge in [-0.3, -0.25) is 0 Å². The molecule has 0 spiro atoms. The molecule has 0 aliphatic rings. The zero-order valence-electron chi connectivity index (χ0n) is 8.20. The molecule has 2 rings (SSSR count). The molecule has 0 bridgehead atoms. The molecule has 0 atom stereocenters. The largest absolute Gasteiger partial charge is 0.467 e. The van der Waals surface area contributed by atoms with Gasteiger partial charge >= 0.3 is 0 Å². The van der Waals surface area contributed by atoms with Crippen molar-refractivity contribution in [1.82, 2.24) is 4.98 Å². The van der Waals surface area contributed by atoms with Gasteiger partial charge in [0.05, 0.1) is 18.5 Å². The Morgan fingerprint density at radius 3 is 2.93 bits per heavy atom. The number of aromatic nitrogens is 1. The Balaban J connectivity index is 1.98. The summed E-state index contributed by atoms with van der Waals surface area (Å²) < 4.78 is 5.21. The van der Waals surface area contributed by atoms with Crippen LogP contribution in [0.5, 0.6) is 0 Å². The van der Waals surface area contributed by atoms with Crippen molar-refractivity contribution in [1.29, 1.82) is 0 Å². The predicted molar refractivity (Wildman–Crippen MR) is 57.6 cm³/mol. The fourth-order valence-corrected chi connectivity index (χ4v) is 1.93. The molecule has 3 nitrogen and oxygen atoms in total. The second-order valence-electron chi connectivity index (χ2n) is 3.09. The minimum absolute atomic E-state index is 0.694. The van der Waals surface area contributed by atoms with Crippen LogP contribution in [0.25, 0.3) is 0 Å². The number of nitrogens with one attached hydrogen (secondary N) is 1. The number of hydrogen-bond acceptors (Lipinski definition) is 4. The first-order chi connectivity index (χ1) is 6.75. The second-order valence-corrected chi connectivity index (χ2v) is 4.30. The summed E-state index contributed by atoms with van der Waals surface area (Å²) in [6.07, 6.45) is 1.68. The van der Waals surface area contributed by atoms with Gasteiger partial charge in [-0.15, -0.1) is 11.3 Å². The van der Waals surface area contributed by atoms with Crippen LogP contribution in [-0.4, -0.2) is 4.98 Å². The van der Waals surface area contributed by atoms with Gasteiger partial charge in [-0.25, -0.2) is 4.98 Å². The summed E-state index contributed by atoms with van der Waals surface area (Å²) in [7, 11) is 0. The third-order valence-electron chi connectivity index (χ3n) is 2.02. The second kappa shape index (κ2) is 3.84. The monoisotopic (exact) mass is 208 g/mol. The molecule has 0 aromatic carbocycles. The van der Waals surface area contributed by atoms with Gasteiger partial charge in [0, 0.05) is 4.88 Å². The molecular weight excluding hydrogens is 196 g/mol. The molecule has 0 radical (unpaired) electrons. The highest BCUT2D eigenvalue weighted by Crippen LogP contribution is 2.21. The summed E-state index contributed by atoms with van der Waals surface area (Å²) in [6, 6.07) is 3.83. The van der Waals surface area contributed by atoms with E-state index in [9.17, 15) is 0 Å². The van der Waals surface area contributed by atoms with Crippen molar-refractivity contribution in [3.63, 3.8) is 0 Å². The Labute approximate surface area is 86.8 Å². The lowest BCUT2D eigenvalue weighted by Crippen LogP contribution is -1.97. The third-order valence-corrected chi connectivity index (χ3v) is 3.05. The Morgan fingerprint density at radius 2 is 2.36 bits per heavy atom. The number of anilines is 1. The molecule has 14 heavy (non-hydrogen) atoms. The van der Waals surface area contributed by atoms with Crippen molar-refractivity contribution >= 4 is 16.5 Å². The highest BCUT2D eigenvalue weighted by molar-refractivity contribution is 7.15. The lowest BCUT2D eigenvalue weighted by atomic mass is 10.4. The number of aryl methyl sites for hydroxylation is 2. The van der Waals surface area contributed by atoms with Crippen LogP contribution in [0.1, 0.15) is 16.3 Å². The van der Waals surface area contributed by atoms with E-state index in [0.29, 0.717) is 6.54 Å². The Kier molecular flexibility index (Phi) is 2.54. The minimum atomic E-state index is 0.694.